The molecule has 1 aromatic carbocycles. The van der Waals surface area contributed by atoms with Crippen LogP contribution in [0.2, 0.25) is 0 Å². The van der Waals surface area contributed by atoms with Gasteiger partial charge in [-0.1, -0.05) is 20.8 Å². The zero-order valence-electron chi connectivity index (χ0n) is 12.0. The van der Waals surface area contributed by atoms with Gasteiger partial charge in [0.05, 0.1) is 5.69 Å². The minimum Gasteiger partial charge on any atom is -0.335 e. The van der Waals surface area contributed by atoms with E-state index in [0.29, 0.717) is 13.0 Å². The fourth-order valence-electron chi connectivity index (χ4n) is 1.80. The highest BCUT2D eigenvalue weighted by Gasteiger charge is 2.25. The third kappa shape index (κ3) is 4.77. The summed E-state index contributed by atoms with van der Waals surface area (Å²) < 4.78 is 26.2. The molecule has 4 N–H and O–H groups in total. The van der Waals surface area contributed by atoms with Gasteiger partial charge >= 0.3 is 6.03 Å². The summed E-state index contributed by atoms with van der Waals surface area (Å²) in [5.74, 6) is -1.50. The summed E-state index contributed by atoms with van der Waals surface area (Å²) in [4.78, 5) is 11.9. The summed E-state index contributed by atoms with van der Waals surface area (Å²) in [7, 11) is 0. The molecule has 1 rings (SSSR count). The molecule has 112 valence electrons. The van der Waals surface area contributed by atoms with Gasteiger partial charge < -0.3 is 16.4 Å². The normalized spacial score (nSPS) is 12.9. The molecule has 0 spiro atoms. The maximum atomic E-state index is 13.4. The molecule has 2 amide bonds. The van der Waals surface area contributed by atoms with Crippen LogP contribution < -0.4 is 16.4 Å². The first kappa shape index (κ1) is 16.4. The summed E-state index contributed by atoms with van der Waals surface area (Å²) in [5, 5.41) is 5.12. The van der Waals surface area contributed by atoms with Crippen LogP contribution in [0.4, 0.5) is 19.3 Å². The predicted molar refractivity (Wildman–Crippen MR) is 75.4 cm³/mol. The lowest BCUT2D eigenvalue weighted by Gasteiger charge is -2.31. The monoisotopic (exact) mass is 285 g/mol. The molecule has 0 saturated heterocycles. The van der Waals surface area contributed by atoms with Crippen molar-refractivity contribution in [2.24, 2.45) is 11.1 Å². The minimum atomic E-state index is -0.814. The fourth-order valence-corrected chi connectivity index (χ4v) is 1.80. The highest BCUT2D eigenvalue weighted by atomic mass is 19.1. The quantitative estimate of drug-likeness (QED) is 0.796. The number of urea groups is 1. The van der Waals surface area contributed by atoms with E-state index in [1.165, 1.54) is 6.07 Å². The standard InChI is InChI=1S/C14H21F2N3O/c1-14(2,3)12(6-7-17)19-13(20)18-11-5-4-9(15)8-10(11)16/h4-5,8,12H,6-7,17H2,1-3H3,(H2,18,19,20). The van der Waals surface area contributed by atoms with Crippen LogP contribution in [0.25, 0.3) is 0 Å². The van der Waals surface area contributed by atoms with E-state index in [-0.39, 0.29) is 17.1 Å². The molecular formula is C14H21F2N3O. The third-order valence-corrected chi connectivity index (χ3v) is 2.99. The van der Waals surface area contributed by atoms with Gasteiger partial charge in [0.1, 0.15) is 11.6 Å². The molecule has 1 aromatic rings. The highest BCUT2D eigenvalue weighted by Crippen LogP contribution is 2.22. The summed E-state index contributed by atoms with van der Waals surface area (Å²) in [5.41, 5.74) is 5.29. The number of carbonyl (C=O) groups is 1. The van der Waals surface area contributed by atoms with Crippen LogP contribution in [0, 0.1) is 17.0 Å². The van der Waals surface area contributed by atoms with Crippen molar-refractivity contribution in [2.45, 2.75) is 33.2 Å². The molecule has 0 aliphatic rings. The maximum absolute atomic E-state index is 13.4. The maximum Gasteiger partial charge on any atom is 0.319 e. The third-order valence-electron chi connectivity index (χ3n) is 2.99. The minimum absolute atomic E-state index is 0.0655. The molecule has 20 heavy (non-hydrogen) atoms. The SMILES string of the molecule is CC(C)(C)C(CCN)NC(=O)Nc1ccc(F)cc1F. The van der Waals surface area contributed by atoms with Crippen LogP contribution in [0.1, 0.15) is 27.2 Å². The molecule has 0 radical (unpaired) electrons. The van der Waals surface area contributed by atoms with Crippen molar-refractivity contribution in [3.63, 3.8) is 0 Å². The Hall–Kier alpha value is -1.69. The van der Waals surface area contributed by atoms with Crippen LogP contribution in [-0.4, -0.2) is 18.6 Å². The Morgan fingerprint density at radius 2 is 2.00 bits per heavy atom. The number of hydrogen-bond acceptors (Lipinski definition) is 2. The fraction of sp³-hybridized carbons (Fsp3) is 0.500. The van der Waals surface area contributed by atoms with Crippen molar-refractivity contribution in [2.75, 3.05) is 11.9 Å². The second-order valence-electron chi connectivity index (χ2n) is 5.72. The van der Waals surface area contributed by atoms with Gasteiger partial charge in [-0.2, -0.15) is 0 Å². The first-order valence-electron chi connectivity index (χ1n) is 6.46. The van der Waals surface area contributed by atoms with E-state index in [9.17, 15) is 13.6 Å². The molecule has 0 aliphatic heterocycles. The van der Waals surface area contributed by atoms with Crippen molar-refractivity contribution in [1.82, 2.24) is 5.32 Å². The molecular weight excluding hydrogens is 264 g/mol. The lowest BCUT2D eigenvalue weighted by molar-refractivity contribution is 0.224. The van der Waals surface area contributed by atoms with E-state index in [0.717, 1.165) is 12.1 Å². The van der Waals surface area contributed by atoms with Crippen LogP contribution in [-0.2, 0) is 0 Å². The van der Waals surface area contributed by atoms with Crippen molar-refractivity contribution in [1.29, 1.82) is 0 Å². The van der Waals surface area contributed by atoms with Crippen molar-refractivity contribution < 1.29 is 13.6 Å². The van der Waals surface area contributed by atoms with Gasteiger partial charge in [0.15, 0.2) is 0 Å². The smallest absolute Gasteiger partial charge is 0.319 e. The number of anilines is 1. The van der Waals surface area contributed by atoms with E-state index in [4.69, 9.17) is 5.73 Å². The van der Waals surface area contributed by atoms with Crippen molar-refractivity contribution in [3.8, 4) is 0 Å². The lowest BCUT2D eigenvalue weighted by atomic mass is 9.85. The largest absolute Gasteiger partial charge is 0.335 e. The molecule has 0 aromatic heterocycles. The molecule has 0 fully saturated rings. The molecule has 1 unspecified atom stereocenters. The number of nitrogens with one attached hydrogen (secondary N) is 2. The lowest BCUT2D eigenvalue weighted by Crippen LogP contribution is -2.46. The van der Waals surface area contributed by atoms with Crippen molar-refractivity contribution in [3.05, 3.63) is 29.8 Å². The van der Waals surface area contributed by atoms with E-state index in [2.05, 4.69) is 10.6 Å². The van der Waals surface area contributed by atoms with E-state index in [1.807, 2.05) is 20.8 Å². The summed E-state index contributed by atoms with van der Waals surface area (Å²) in [6.07, 6.45) is 0.614. The van der Waals surface area contributed by atoms with Crippen LogP contribution in [0.3, 0.4) is 0 Å². The van der Waals surface area contributed by atoms with Gasteiger partial charge in [0, 0.05) is 12.1 Å². The Kier molecular flexibility index (Phi) is 5.44. The average molecular weight is 285 g/mol. The van der Waals surface area contributed by atoms with Gasteiger partial charge in [-0.3, -0.25) is 0 Å². The number of halogens is 2. The number of carbonyl (C=O) groups excluding carboxylic acids is 1. The average Bonchev–Trinajstić information content (AvgIpc) is 2.31. The molecule has 6 heteroatoms. The number of hydrogen-bond donors (Lipinski definition) is 3. The van der Waals surface area contributed by atoms with E-state index < -0.39 is 17.7 Å². The number of rotatable bonds is 4. The zero-order valence-corrected chi connectivity index (χ0v) is 12.0. The van der Waals surface area contributed by atoms with Gasteiger partial charge in [0.2, 0.25) is 0 Å². The van der Waals surface area contributed by atoms with Gasteiger partial charge in [-0.25, -0.2) is 13.6 Å². The second kappa shape index (κ2) is 6.65. The number of benzene rings is 1. The molecule has 4 nitrogen and oxygen atoms in total. The van der Waals surface area contributed by atoms with E-state index in [1.54, 1.807) is 0 Å². The number of amides is 2. The van der Waals surface area contributed by atoms with Crippen LogP contribution in [0.5, 0.6) is 0 Å². The van der Waals surface area contributed by atoms with E-state index >= 15 is 0 Å². The molecule has 0 aliphatic carbocycles. The molecule has 1 atom stereocenters. The zero-order chi connectivity index (χ0) is 15.3. The van der Waals surface area contributed by atoms with Gasteiger partial charge in [-0.15, -0.1) is 0 Å². The number of nitrogens with two attached hydrogens (primary N) is 1. The van der Waals surface area contributed by atoms with Gasteiger partial charge in [0.25, 0.3) is 0 Å². The Morgan fingerprint density at radius 3 is 2.50 bits per heavy atom. The van der Waals surface area contributed by atoms with Crippen LogP contribution in [0.15, 0.2) is 18.2 Å². The topological polar surface area (TPSA) is 67.1 Å². The highest BCUT2D eigenvalue weighted by molar-refractivity contribution is 5.89. The predicted octanol–water partition coefficient (Wildman–Crippen LogP) is 2.85. The first-order chi connectivity index (χ1) is 9.24. The van der Waals surface area contributed by atoms with Crippen LogP contribution >= 0.6 is 0 Å². The first-order valence-corrected chi connectivity index (χ1v) is 6.46. The second-order valence-corrected chi connectivity index (χ2v) is 5.72. The Bertz CT molecular complexity index is 472. The summed E-state index contributed by atoms with van der Waals surface area (Å²) in [6.45, 7) is 6.37. The molecule has 0 heterocycles. The molecule has 0 saturated carbocycles. The Balaban J connectivity index is 2.70. The summed E-state index contributed by atoms with van der Waals surface area (Å²) >= 11 is 0. The Labute approximate surface area is 117 Å². The van der Waals surface area contributed by atoms with Crippen molar-refractivity contribution >= 4 is 11.7 Å². The Morgan fingerprint density at radius 1 is 1.35 bits per heavy atom. The van der Waals surface area contributed by atoms with Gasteiger partial charge in [-0.05, 0) is 30.5 Å². The molecule has 0 bridgehead atoms. The summed E-state index contributed by atoms with van der Waals surface area (Å²) in [6, 6.07) is 2.30.